The molecule has 3 rings (SSSR count). The van der Waals surface area contributed by atoms with Crippen molar-refractivity contribution in [3.8, 4) is 0 Å². The van der Waals surface area contributed by atoms with Gasteiger partial charge < -0.3 is 9.30 Å². The van der Waals surface area contributed by atoms with E-state index in [1.54, 1.807) is 0 Å². The average Bonchev–Trinajstić information content (AvgIpc) is 2.97. The van der Waals surface area contributed by atoms with Gasteiger partial charge in [0, 0.05) is 12.1 Å². The molecule has 11 heteroatoms. The summed E-state index contributed by atoms with van der Waals surface area (Å²) in [7, 11) is 1.15. The summed E-state index contributed by atoms with van der Waals surface area (Å²) in [5, 5.41) is 11.0. The molecule has 0 atom stereocenters. The van der Waals surface area contributed by atoms with Gasteiger partial charge in [-0.3, -0.25) is 19.7 Å². The number of esters is 1. The third-order valence-electron chi connectivity index (χ3n) is 3.76. The van der Waals surface area contributed by atoms with E-state index in [0.717, 1.165) is 36.6 Å². The molecule has 0 N–H and O–H groups in total. The molecule has 0 fully saturated rings. The van der Waals surface area contributed by atoms with E-state index in [0.29, 0.717) is 4.70 Å². The van der Waals surface area contributed by atoms with Gasteiger partial charge in [0.25, 0.3) is 11.6 Å². The van der Waals surface area contributed by atoms with Gasteiger partial charge in [-0.2, -0.15) is 4.99 Å². The van der Waals surface area contributed by atoms with E-state index >= 15 is 0 Å². The SMILES string of the molecule is COC(=O)Cn1c(=NC(=O)c2c(F)cccc2F)sc2ccc([N+](=O)[O-])cc21. The summed E-state index contributed by atoms with van der Waals surface area (Å²) in [5.74, 6) is -4.04. The van der Waals surface area contributed by atoms with Crippen LogP contribution < -0.4 is 4.80 Å². The molecular formula is C17H11F2N3O5S. The number of benzene rings is 2. The summed E-state index contributed by atoms with van der Waals surface area (Å²) in [5.41, 5.74) is -0.817. The molecule has 0 bridgehead atoms. The monoisotopic (exact) mass is 407 g/mol. The first-order chi connectivity index (χ1) is 13.3. The van der Waals surface area contributed by atoms with E-state index in [4.69, 9.17) is 0 Å². The van der Waals surface area contributed by atoms with Crippen molar-refractivity contribution < 1.29 is 28.0 Å². The molecule has 0 spiro atoms. The molecular weight excluding hydrogens is 396 g/mol. The maximum Gasteiger partial charge on any atom is 0.325 e. The number of carbonyl (C=O) groups is 2. The van der Waals surface area contributed by atoms with Gasteiger partial charge in [-0.15, -0.1) is 0 Å². The Kier molecular flexibility index (Phi) is 5.27. The molecule has 2 aromatic carbocycles. The van der Waals surface area contributed by atoms with Crippen molar-refractivity contribution in [2.75, 3.05) is 7.11 Å². The number of aromatic nitrogens is 1. The number of hydrogen-bond donors (Lipinski definition) is 0. The third-order valence-corrected chi connectivity index (χ3v) is 4.82. The minimum absolute atomic E-state index is 0.0615. The molecule has 0 unspecified atom stereocenters. The Labute approximate surface area is 159 Å². The fourth-order valence-corrected chi connectivity index (χ4v) is 3.46. The highest BCUT2D eigenvalue weighted by Gasteiger charge is 2.19. The van der Waals surface area contributed by atoms with Crippen molar-refractivity contribution in [3.05, 3.63) is 68.5 Å². The van der Waals surface area contributed by atoms with Crippen LogP contribution >= 0.6 is 11.3 Å². The van der Waals surface area contributed by atoms with Crippen molar-refractivity contribution in [1.82, 2.24) is 4.57 Å². The van der Waals surface area contributed by atoms with Gasteiger partial charge in [0.2, 0.25) is 0 Å². The summed E-state index contributed by atoms with van der Waals surface area (Å²) < 4.78 is 34.0. The molecule has 3 aromatic rings. The number of nitro benzene ring substituents is 1. The Hall–Kier alpha value is -3.47. The fourth-order valence-electron chi connectivity index (χ4n) is 2.45. The highest BCUT2D eigenvalue weighted by atomic mass is 32.1. The van der Waals surface area contributed by atoms with Crippen LogP contribution in [0.2, 0.25) is 0 Å². The first kappa shape index (κ1) is 19.3. The van der Waals surface area contributed by atoms with Crippen LogP contribution in [-0.4, -0.2) is 28.5 Å². The molecule has 1 amide bonds. The lowest BCUT2D eigenvalue weighted by Crippen LogP contribution is -2.22. The number of non-ortho nitro benzene ring substituents is 1. The van der Waals surface area contributed by atoms with Gasteiger partial charge >= 0.3 is 5.97 Å². The number of thiazole rings is 1. The van der Waals surface area contributed by atoms with Crippen LogP contribution in [0.25, 0.3) is 10.2 Å². The van der Waals surface area contributed by atoms with E-state index < -0.39 is 40.5 Å². The number of carbonyl (C=O) groups excluding carboxylic acids is 2. The Balaban J connectivity index is 2.22. The van der Waals surface area contributed by atoms with Gasteiger partial charge in [-0.1, -0.05) is 17.4 Å². The van der Waals surface area contributed by atoms with Crippen molar-refractivity contribution in [2.24, 2.45) is 4.99 Å². The van der Waals surface area contributed by atoms with Gasteiger partial charge in [0.1, 0.15) is 23.7 Å². The zero-order chi connectivity index (χ0) is 20.4. The first-order valence-electron chi connectivity index (χ1n) is 7.69. The summed E-state index contributed by atoms with van der Waals surface area (Å²) in [6.45, 7) is -0.399. The molecule has 0 saturated heterocycles. The van der Waals surface area contributed by atoms with E-state index in [-0.39, 0.29) is 16.0 Å². The number of hydrogen-bond acceptors (Lipinski definition) is 6. The highest BCUT2D eigenvalue weighted by molar-refractivity contribution is 7.16. The van der Waals surface area contributed by atoms with Crippen LogP contribution in [0.3, 0.4) is 0 Å². The molecule has 28 heavy (non-hydrogen) atoms. The quantitative estimate of drug-likeness (QED) is 0.376. The maximum absolute atomic E-state index is 13.8. The summed E-state index contributed by atoms with van der Waals surface area (Å²) in [4.78, 5) is 38.2. The Bertz CT molecular complexity index is 1160. The molecule has 8 nitrogen and oxygen atoms in total. The van der Waals surface area contributed by atoms with E-state index in [9.17, 15) is 28.5 Å². The van der Waals surface area contributed by atoms with E-state index in [1.807, 2.05) is 0 Å². The molecule has 1 aromatic heterocycles. The first-order valence-corrected chi connectivity index (χ1v) is 8.51. The second-order valence-electron chi connectivity index (χ2n) is 5.47. The summed E-state index contributed by atoms with van der Waals surface area (Å²) in [6, 6.07) is 6.84. The molecule has 144 valence electrons. The average molecular weight is 407 g/mol. The van der Waals surface area contributed by atoms with Crippen LogP contribution in [0.5, 0.6) is 0 Å². The lowest BCUT2D eigenvalue weighted by molar-refractivity contribution is -0.384. The van der Waals surface area contributed by atoms with Crippen LogP contribution in [0.4, 0.5) is 14.5 Å². The van der Waals surface area contributed by atoms with E-state index in [1.165, 1.54) is 22.8 Å². The van der Waals surface area contributed by atoms with Crippen LogP contribution in [0, 0.1) is 21.7 Å². The smallest absolute Gasteiger partial charge is 0.325 e. The largest absolute Gasteiger partial charge is 0.468 e. The molecule has 0 aliphatic rings. The highest BCUT2D eigenvalue weighted by Crippen LogP contribution is 2.23. The number of methoxy groups -OCH3 is 1. The zero-order valence-electron chi connectivity index (χ0n) is 14.2. The number of nitrogens with zero attached hydrogens (tertiary/aromatic N) is 3. The number of amides is 1. The number of halogens is 2. The summed E-state index contributed by atoms with van der Waals surface area (Å²) in [6.07, 6.45) is 0. The Morgan fingerprint density at radius 2 is 1.93 bits per heavy atom. The lowest BCUT2D eigenvalue weighted by Gasteiger charge is -2.04. The topological polar surface area (TPSA) is 104 Å². The molecule has 0 aliphatic heterocycles. The molecule has 1 heterocycles. The minimum Gasteiger partial charge on any atom is -0.468 e. The Morgan fingerprint density at radius 1 is 1.25 bits per heavy atom. The second kappa shape index (κ2) is 7.64. The van der Waals surface area contributed by atoms with Crippen molar-refractivity contribution in [3.63, 3.8) is 0 Å². The standard InChI is InChI=1S/C17H11F2N3O5S/c1-27-14(23)8-21-12-7-9(22(25)26)5-6-13(12)28-17(21)20-16(24)15-10(18)3-2-4-11(15)19/h2-7H,8H2,1H3. The fraction of sp³-hybridized carbons (Fsp3) is 0.118. The Morgan fingerprint density at radius 3 is 2.54 bits per heavy atom. The van der Waals surface area contributed by atoms with Crippen molar-refractivity contribution >= 4 is 39.1 Å². The molecule has 0 saturated carbocycles. The lowest BCUT2D eigenvalue weighted by atomic mass is 10.2. The number of rotatable bonds is 4. The van der Waals surface area contributed by atoms with E-state index in [2.05, 4.69) is 9.73 Å². The van der Waals surface area contributed by atoms with Gasteiger partial charge in [0.05, 0.1) is 22.2 Å². The van der Waals surface area contributed by atoms with Crippen molar-refractivity contribution in [1.29, 1.82) is 0 Å². The predicted octanol–water partition coefficient (Wildman–Crippen LogP) is 2.80. The molecule has 0 radical (unpaired) electrons. The normalized spacial score (nSPS) is 11.6. The van der Waals surface area contributed by atoms with Gasteiger partial charge in [-0.05, 0) is 18.2 Å². The van der Waals surface area contributed by atoms with Crippen molar-refractivity contribution in [2.45, 2.75) is 6.54 Å². The number of fused-ring (bicyclic) bond motifs is 1. The van der Waals surface area contributed by atoms with Gasteiger partial charge in [-0.25, -0.2) is 8.78 Å². The summed E-state index contributed by atoms with van der Waals surface area (Å²) >= 11 is 0.932. The predicted molar refractivity (Wildman–Crippen MR) is 94.7 cm³/mol. The third kappa shape index (κ3) is 3.64. The zero-order valence-corrected chi connectivity index (χ0v) is 15.0. The molecule has 0 aliphatic carbocycles. The van der Waals surface area contributed by atoms with Gasteiger partial charge in [0.15, 0.2) is 4.80 Å². The number of ether oxygens (including phenoxy) is 1. The van der Waals surface area contributed by atoms with Crippen LogP contribution in [0.1, 0.15) is 10.4 Å². The van der Waals surface area contributed by atoms with Crippen LogP contribution in [-0.2, 0) is 16.1 Å². The second-order valence-corrected chi connectivity index (χ2v) is 6.48. The maximum atomic E-state index is 13.8. The van der Waals surface area contributed by atoms with Crippen LogP contribution in [0.15, 0.2) is 41.4 Å². The number of nitro groups is 1. The minimum atomic E-state index is -1.18.